The number of nitrogens with zero attached hydrogens (tertiary/aromatic N) is 2. The van der Waals surface area contributed by atoms with Crippen molar-refractivity contribution in [3.05, 3.63) is 29.3 Å². The maximum absolute atomic E-state index is 5.68. The Hall–Kier alpha value is -0.600. The first-order valence-electron chi connectivity index (χ1n) is 3.05. The molecule has 0 bridgehead atoms. The van der Waals surface area contributed by atoms with Gasteiger partial charge in [-0.15, -0.1) is 0 Å². The molecule has 0 aromatic heterocycles. The van der Waals surface area contributed by atoms with Crippen LogP contribution in [0, 0.1) is 0 Å². The van der Waals surface area contributed by atoms with E-state index in [-0.39, 0.29) is 0 Å². The molecular formula is C7H7Cl2N2+. The molecule has 0 unspecified atom stereocenters. The Morgan fingerprint density at radius 2 is 1.82 bits per heavy atom. The van der Waals surface area contributed by atoms with E-state index in [0.717, 1.165) is 5.69 Å². The van der Waals surface area contributed by atoms with Gasteiger partial charge < -0.3 is 0 Å². The zero-order valence-corrected chi connectivity index (χ0v) is 7.47. The summed E-state index contributed by atoms with van der Waals surface area (Å²) in [5, 5.41) is 0.705. The minimum atomic E-state index is 0.705. The summed E-state index contributed by atoms with van der Waals surface area (Å²) in [6.45, 7) is 0. The largest absolute Gasteiger partial charge is 0.232 e. The van der Waals surface area contributed by atoms with Crippen molar-refractivity contribution in [1.82, 2.24) is 0 Å². The Bertz CT molecular complexity index is 266. The molecule has 0 heterocycles. The lowest BCUT2D eigenvalue weighted by Crippen LogP contribution is -1.90. The van der Waals surface area contributed by atoms with Crippen molar-refractivity contribution in [2.75, 3.05) is 7.05 Å². The minimum Gasteiger partial charge on any atom is -0.0843 e. The molecular weight excluding hydrogens is 183 g/mol. The quantitative estimate of drug-likeness (QED) is 0.477. The van der Waals surface area contributed by atoms with E-state index in [4.69, 9.17) is 23.4 Å². The van der Waals surface area contributed by atoms with E-state index >= 15 is 0 Å². The van der Waals surface area contributed by atoms with Gasteiger partial charge in [-0.25, -0.2) is 0 Å². The Kier molecular flexibility index (Phi) is 2.85. The monoisotopic (exact) mass is 189 g/mol. The Morgan fingerprint density at radius 3 is 2.27 bits per heavy atom. The van der Waals surface area contributed by atoms with Gasteiger partial charge in [-0.05, 0) is 12.1 Å². The van der Waals surface area contributed by atoms with Crippen LogP contribution >= 0.6 is 23.4 Å². The van der Waals surface area contributed by atoms with Crippen LogP contribution < -0.4 is 0 Å². The number of benzene rings is 1. The first kappa shape index (κ1) is 8.50. The zero-order chi connectivity index (χ0) is 8.27. The summed E-state index contributed by atoms with van der Waals surface area (Å²) in [4.78, 5) is 0. The number of rotatable bonds is 1. The maximum Gasteiger partial charge on any atom is 0.232 e. The van der Waals surface area contributed by atoms with E-state index in [1.54, 1.807) is 23.9 Å². The molecule has 0 spiro atoms. The van der Waals surface area contributed by atoms with Crippen molar-refractivity contribution in [3.8, 4) is 0 Å². The predicted molar refractivity (Wildman–Crippen MR) is 45.6 cm³/mol. The van der Waals surface area contributed by atoms with Gasteiger partial charge in [0, 0.05) is 17.2 Å². The molecule has 58 valence electrons. The van der Waals surface area contributed by atoms with Crippen LogP contribution in [0.5, 0.6) is 0 Å². The summed E-state index contributed by atoms with van der Waals surface area (Å²) in [6, 6.07) is 7.26. The van der Waals surface area contributed by atoms with Crippen LogP contribution in [-0.2, 0) is 0 Å². The molecule has 1 aromatic carbocycles. The highest BCUT2D eigenvalue weighted by Crippen LogP contribution is 2.15. The lowest BCUT2D eigenvalue weighted by molar-refractivity contribution is -0.471. The van der Waals surface area contributed by atoms with Gasteiger partial charge in [0.2, 0.25) is 5.69 Å². The molecule has 0 amide bonds. The van der Waals surface area contributed by atoms with Crippen LogP contribution in [0.25, 0.3) is 0 Å². The highest BCUT2D eigenvalue weighted by molar-refractivity contribution is 6.30. The lowest BCUT2D eigenvalue weighted by atomic mass is 10.3. The lowest BCUT2D eigenvalue weighted by Gasteiger charge is -1.90. The van der Waals surface area contributed by atoms with Crippen molar-refractivity contribution in [2.24, 2.45) is 4.63 Å². The molecule has 11 heavy (non-hydrogen) atoms. The SMILES string of the molecule is C[N+](=NCl)c1ccc(Cl)cc1. The predicted octanol–water partition coefficient (Wildman–Crippen LogP) is 3.22. The standard InChI is InChI=1S/C7H7Cl2N2/c1-11(10-9)7-4-2-6(8)3-5-7/h2-5H,1H3/q+1. The van der Waals surface area contributed by atoms with Crippen LogP contribution in [-0.4, -0.2) is 11.7 Å². The van der Waals surface area contributed by atoms with E-state index in [9.17, 15) is 0 Å². The second-order valence-electron chi connectivity index (χ2n) is 2.08. The number of hydrogen-bond acceptors (Lipinski definition) is 1. The normalized spacial score (nSPS) is 11.7. The Labute approximate surface area is 75.2 Å². The molecule has 0 saturated heterocycles. The van der Waals surface area contributed by atoms with E-state index < -0.39 is 0 Å². The third-order valence-corrected chi connectivity index (χ3v) is 1.79. The van der Waals surface area contributed by atoms with E-state index in [1.165, 1.54) is 0 Å². The molecule has 0 fully saturated rings. The second-order valence-corrected chi connectivity index (χ2v) is 2.66. The molecule has 1 aromatic rings. The second kappa shape index (κ2) is 3.69. The third-order valence-electron chi connectivity index (χ3n) is 1.31. The van der Waals surface area contributed by atoms with Crippen LogP contribution in [0.4, 0.5) is 5.69 Å². The van der Waals surface area contributed by atoms with Gasteiger partial charge in [0.1, 0.15) is 11.8 Å². The molecule has 4 heteroatoms. The van der Waals surface area contributed by atoms with Gasteiger partial charge in [0.25, 0.3) is 0 Å². The molecule has 2 nitrogen and oxygen atoms in total. The number of hydrogen-bond donors (Lipinski definition) is 0. The molecule has 0 saturated carbocycles. The topological polar surface area (TPSA) is 15.4 Å². The molecule has 0 N–H and O–H groups in total. The number of halogens is 2. The fourth-order valence-electron chi connectivity index (χ4n) is 0.700. The summed E-state index contributed by atoms with van der Waals surface area (Å²) >= 11 is 10.9. The highest BCUT2D eigenvalue weighted by atomic mass is 35.5. The van der Waals surface area contributed by atoms with Crippen molar-refractivity contribution >= 4 is 29.1 Å². The van der Waals surface area contributed by atoms with Crippen LogP contribution in [0.3, 0.4) is 0 Å². The van der Waals surface area contributed by atoms with E-state index in [0.29, 0.717) is 5.02 Å². The summed E-state index contributed by atoms with van der Waals surface area (Å²) < 4.78 is 5.00. The molecule has 0 aliphatic carbocycles. The molecule has 1 rings (SSSR count). The molecule has 0 aliphatic rings. The average Bonchev–Trinajstić information content (AvgIpc) is 2.05. The van der Waals surface area contributed by atoms with Gasteiger partial charge >= 0.3 is 0 Å². The zero-order valence-electron chi connectivity index (χ0n) is 5.96. The van der Waals surface area contributed by atoms with Gasteiger partial charge in [-0.1, -0.05) is 16.3 Å². The van der Waals surface area contributed by atoms with Gasteiger partial charge in [0.05, 0.1) is 4.63 Å². The Morgan fingerprint density at radius 1 is 1.27 bits per heavy atom. The molecule has 0 radical (unpaired) electrons. The highest BCUT2D eigenvalue weighted by Gasteiger charge is 2.02. The minimum absolute atomic E-state index is 0.705. The molecule has 0 aliphatic heterocycles. The van der Waals surface area contributed by atoms with Crippen molar-refractivity contribution in [3.63, 3.8) is 0 Å². The smallest absolute Gasteiger partial charge is 0.0843 e. The van der Waals surface area contributed by atoms with E-state index in [2.05, 4.69) is 4.63 Å². The van der Waals surface area contributed by atoms with Gasteiger partial charge in [-0.2, -0.15) is 0 Å². The Balaban J connectivity index is 2.99. The van der Waals surface area contributed by atoms with Crippen LogP contribution in [0.1, 0.15) is 0 Å². The maximum atomic E-state index is 5.68. The summed E-state index contributed by atoms with van der Waals surface area (Å²) in [7, 11) is 1.76. The van der Waals surface area contributed by atoms with Crippen LogP contribution in [0.15, 0.2) is 28.9 Å². The summed E-state index contributed by atoms with van der Waals surface area (Å²) in [6.07, 6.45) is 0. The first-order chi connectivity index (χ1) is 5.24. The summed E-state index contributed by atoms with van der Waals surface area (Å²) in [5.74, 6) is 0. The molecule has 0 atom stereocenters. The fraction of sp³-hybridized carbons (Fsp3) is 0.143. The average molecular weight is 190 g/mol. The van der Waals surface area contributed by atoms with Gasteiger partial charge in [-0.3, -0.25) is 0 Å². The van der Waals surface area contributed by atoms with Crippen molar-refractivity contribution < 1.29 is 4.70 Å². The summed E-state index contributed by atoms with van der Waals surface area (Å²) in [5.41, 5.74) is 0.907. The van der Waals surface area contributed by atoms with Crippen molar-refractivity contribution in [2.45, 2.75) is 0 Å². The third kappa shape index (κ3) is 2.17. The van der Waals surface area contributed by atoms with Crippen LogP contribution in [0.2, 0.25) is 5.02 Å². The first-order valence-corrected chi connectivity index (χ1v) is 3.77. The van der Waals surface area contributed by atoms with Gasteiger partial charge in [0.15, 0.2) is 7.05 Å². The fourth-order valence-corrected chi connectivity index (χ4v) is 0.914. The van der Waals surface area contributed by atoms with Crippen molar-refractivity contribution in [1.29, 1.82) is 0 Å². The van der Waals surface area contributed by atoms with E-state index in [1.807, 2.05) is 12.1 Å².